The number of nitrogens with two attached hydrogens (primary N) is 2. The number of anilines is 1. The molecule has 0 saturated carbocycles. The molecule has 1 aromatic carbocycles. The number of amides is 1. The van der Waals surface area contributed by atoms with E-state index in [0.717, 1.165) is 0 Å². The van der Waals surface area contributed by atoms with Gasteiger partial charge in [0.25, 0.3) is 0 Å². The predicted octanol–water partition coefficient (Wildman–Crippen LogP) is 2.52. The molecule has 0 aliphatic carbocycles. The molecule has 4 N–H and O–H groups in total. The molecule has 0 fully saturated rings. The highest BCUT2D eigenvalue weighted by Crippen LogP contribution is 2.35. The zero-order valence-corrected chi connectivity index (χ0v) is 10.2. The van der Waals surface area contributed by atoms with Gasteiger partial charge in [0.15, 0.2) is 0 Å². The SMILES string of the molecule is CC(C)Sc1c(Cl)cc(N)cc1C(N)=O. The van der Waals surface area contributed by atoms with Crippen LogP contribution in [0.5, 0.6) is 0 Å². The quantitative estimate of drug-likeness (QED) is 0.634. The van der Waals surface area contributed by atoms with Crippen molar-refractivity contribution >= 4 is 35.0 Å². The van der Waals surface area contributed by atoms with Crippen LogP contribution in [0.1, 0.15) is 24.2 Å². The highest BCUT2D eigenvalue weighted by molar-refractivity contribution is 8.00. The maximum Gasteiger partial charge on any atom is 0.249 e. The molecule has 15 heavy (non-hydrogen) atoms. The summed E-state index contributed by atoms with van der Waals surface area (Å²) in [5.41, 5.74) is 11.7. The summed E-state index contributed by atoms with van der Waals surface area (Å²) in [5.74, 6) is -0.507. The van der Waals surface area contributed by atoms with Crippen LogP contribution in [-0.2, 0) is 0 Å². The average molecular weight is 245 g/mol. The third kappa shape index (κ3) is 3.04. The molecule has 0 aliphatic heterocycles. The van der Waals surface area contributed by atoms with Crippen molar-refractivity contribution in [1.82, 2.24) is 0 Å². The Hall–Kier alpha value is -0.870. The van der Waals surface area contributed by atoms with E-state index in [1.165, 1.54) is 11.8 Å². The zero-order valence-electron chi connectivity index (χ0n) is 8.58. The van der Waals surface area contributed by atoms with Gasteiger partial charge in [-0.1, -0.05) is 25.4 Å². The minimum absolute atomic E-state index is 0.323. The molecular formula is C10H13ClN2OS. The Kier molecular flexibility index (Phi) is 3.88. The first kappa shape index (κ1) is 12.2. The van der Waals surface area contributed by atoms with Gasteiger partial charge in [-0.05, 0) is 12.1 Å². The standard InChI is InChI=1S/C10H13ClN2OS/c1-5(2)15-9-7(10(13)14)3-6(12)4-8(9)11/h3-5H,12H2,1-2H3,(H2,13,14). The smallest absolute Gasteiger partial charge is 0.249 e. The van der Waals surface area contributed by atoms with Crippen molar-refractivity contribution in [3.63, 3.8) is 0 Å². The van der Waals surface area contributed by atoms with Crippen LogP contribution in [0, 0.1) is 0 Å². The molecule has 1 aromatic rings. The Morgan fingerprint density at radius 3 is 2.53 bits per heavy atom. The van der Waals surface area contributed by atoms with Gasteiger partial charge in [0, 0.05) is 15.8 Å². The number of thioether (sulfide) groups is 1. The summed E-state index contributed by atoms with van der Waals surface area (Å²) in [4.78, 5) is 11.9. The van der Waals surface area contributed by atoms with Gasteiger partial charge in [0.2, 0.25) is 5.91 Å². The third-order valence-corrected chi connectivity index (χ3v) is 3.24. The van der Waals surface area contributed by atoms with Crippen molar-refractivity contribution in [2.45, 2.75) is 24.0 Å². The van der Waals surface area contributed by atoms with E-state index < -0.39 is 5.91 Å². The van der Waals surface area contributed by atoms with E-state index in [-0.39, 0.29) is 0 Å². The molecule has 5 heteroatoms. The maximum atomic E-state index is 11.2. The molecule has 0 atom stereocenters. The van der Waals surface area contributed by atoms with E-state index in [2.05, 4.69) is 0 Å². The van der Waals surface area contributed by atoms with Crippen LogP contribution in [0.3, 0.4) is 0 Å². The fraction of sp³-hybridized carbons (Fsp3) is 0.300. The molecule has 0 aromatic heterocycles. The fourth-order valence-electron chi connectivity index (χ4n) is 1.15. The normalized spacial score (nSPS) is 10.7. The number of primary amides is 1. The van der Waals surface area contributed by atoms with Gasteiger partial charge in [0.1, 0.15) is 0 Å². The Labute approximate surface area is 98.2 Å². The van der Waals surface area contributed by atoms with Gasteiger partial charge in [-0.15, -0.1) is 11.8 Å². The number of rotatable bonds is 3. The zero-order chi connectivity index (χ0) is 11.6. The summed E-state index contributed by atoms with van der Waals surface area (Å²) in [5, 5.41) is 0.798. The van der Waals surface area contributed by atoms with Crippen molar-refractivity contribution in [2.75, 3.05) is 5.73 Å². The first-order valence-corrected chi connectivity index (χ1v) is 5.73. The summed E-state index contributed by atoms with van der Waals surface area (Å²) in [7, 11) is 0. The number of carbonyl (C=O) groups excluding carboxylic acids is 1. The minimum atomic E-state index is -0.507. The first-order valence-electron chi connectivity index (χ1n) is 4.47. The van der Waals surface area contributed by atoms with E-state index in [9.17, 15) is 4.79 Å². The lowest BCUT2D eigenvalue weighted by Gasteiger charge is -2.11. The fourth-order valence-corrected chi connectivity index (χ4v) is 2.44. The third-order valence-electron chi connectivity index (χ3n) is 1.68. The summed E-state index contributed by atoms with van der Waals surface area (Å²) >= 11 is 7.51. The Balaban J connectivity index is 3.27. The molecule has 0 bridgehead atoms. The second-order valence-electron chi connectivity index (χ2n) is 3.41. The first-order chi connectivity index (χ1) is 6.91. The van der Waals surface area contributed by atoms with Crippen LogP contribution in [0.15, 0.2) is 17.0 Å². The Bertz CT molecular complexity index is 393. The predicted molar refractivity (Wildman–Crippen MR) is 65.4 cm³/mol. The maximum absolute atomic E-state index is 11.2. The number of carbonyl (C=O) groups is 1. The van der Waals surface area contributed by atoms with Crippen molar-refractivity contribution in [2.24, 2.45) is 5.73 Å². The molecule has 0 spiro atoms. The molecule has 1 rings (SSSR count). The molecule has 1 amide bonds. The van der Waals surface area contributed by atoms with Crippen LogP contribution in [0.25, 0.3) is 0 Å². The van der Waals surface area contributed by atoms with Gasteiger partial charge < -0.3 is 11.5 Å². The number of hydrogen-bond donors (Lipinski definition) is 2. The largest absolute Gasteiger partial charge is 0.399 e. The van der Waals surface area contributed by atoms with Gasteiger partial charge in [-0.3, -0.25) is 4.79 Å². The lowest BCUT2D eigenvalue weighted by molar-refractivity contribution is 0.0997. The summed E-state index contributed by atoms with van der Waals surface area (Å²) < 4.78 is 0. The average Bonchev–Trinajstić information content (AvgIpc) is 2.08. The van der Waals surface area contributed by atoms with Crippen molar-refractivity contribution < 1.29 is 4.79 Å². The van der Waals surface area contributed by atoms with Gasteiger partial charge in [-0.2, -0.15) is 0 Å². The van der Waals surface area contributed by atoms with E-state index >= 15 is 0 Å². The molecule has 0 unspecified atom stereocenters. The summed E-state index contributed by atoms with van der Waals surface area (Å²) in [6.07, 6.45) is 0. The van der Waals surface area contributed by atoms with Crippen molar-refractivity contribution in [1.29, 1.82) is 0 Å². The Morgan fingerprint density at radius 1 is 1.47 bits per heavy atom. The minimum Gasteiger partial charge on any atom is -0.399 e. The lowest BCUT2D eigenvalue weighted by Crippen LogP contribution is -2.13. The molecule has 0 radical (unpaired) electrons. The van der Waals surface area contributed by atoms with Crippen molar-refractivity contribution in [3.8, 4) is 0 Å². The molecular weight excluding hydrogens is 232 g/mol. The molecule has 0 aliphatic rings. The van der Waals surface area contributed by atoms with Crippen LogP contribution in [0.2, 0.25) is 5.02 Å². The van der Waals surface area contributed by atoms with Crippen LogP contribution < -0.4 is 11.5 Å². The number of hydrogen-bond acceptors (Lipinski definition) is 3. The van der Waals surface area contributed by atoms with Gasteiger partial charge in [-0.25, -0.2) is 0 Å². The number of nitrogen functional groups attached to an aromatic ring is 1. The molecule has 82 valence electrons. The highest BCUT2D eigenvalue weighted by Gasteiger charge is 2.14. The number of halogens is 1. The second-order valence-corrected chi connectivity index (χ2v) is 5.40. The summed E-state index contributed by atoms with van der Waals surface area (Å²) in [6.45, 7) is 4.03. The van der Waals surface area contributed by atoms with Gasteiger partial charge >= 0.3 is 0 Å². The number of benzene rings is 1. The summed E-state index contributed by atoms with van der Waals surface area (Å²) in [6, 6.07) is 3.18. The molecule has 0 saturated heterocycles. The van der Waals surface area contributed by atoms with E-state index in [4.69, 9.17) is 23.1 Å². The monoisotopic (exact) mass is 244 g/mol. The van der Waals surface area contributed by atoms with E-state index in [1.807, 2.05) is 13.8 Å². The second kappa shape index (κ2) is 4.77. The molecule has 0 heterocycles. The van der Waals surface area contributed by atoms with E-state index in [1.54, 1.807) is 12.1 Å². The topological polar surface area (TPSA) is 69.1 Å². The van der Waals surface area contributed by atoms with Gasteiger partial charge in [0.05, 0.1) is 10.6 Å². The highest BCUT2D eigenvalue weighted by atomic mass is 35.5. The molecule has 3 nitrogen and oxygen atoms in total. The Morgan fingerprint density at radius 2 is 2.07 bits per heavy atom. The van der Waals surface area contributed by atoms with Crippen LogP contribution >= 0.6 is 23.4 Å². The van der Waals surface area contributed by atoms with E-state index in [0.29, 0.717) is 26.4 Å². The van der Waals surface area contributed by atoms with Crippen LogP contribution in [-0.4, -0.2) is 11.2 Å². The van der Waals surface area contributed by atoms with Crippen LogP contribution in [0.4, 0.5) is 5.69 Å². The van der Waals surface area contributed by atoms with Crippen molar-refractivity contribution in [3.05, 3.63) is 22.7 Å². The lowest BCUT2D eigenvalue weighted by atomic mass is 10.2.